The quantitative estimate of drug-likeness (QED) is 0.569. The van der Waals surface area contributed by atoms with Crippen molar-refractivity contribution in [3.05, 3.63) is 50.6 Å². The summed E-state index contributed by atoms with van der Waals surface area (Å²) in [6, 6.07) is 9.86. The molecule has 1 fully saturated rings. The van der Waals surface area contributed by atoms with Gasteiger partial charge in [0.1, 0.15) is 11.9 Å². The van der Waals surface area contributed by atoms with Gasteiger partial charge in [-0.05, 0) is 65.8 Å². The highest BCUT2D eigenvalue weighted by Gasteiger charge is 2.27. The molecule has 0 aliphatic carbocycles. The molecule has 1 aliphatic rings. The van der Waals surface area contributed by atoms with Gasteiger partial charge in [0.25, 0.3) is 5.91 Å². The van der Waals surface area contributed by atoms with Gasteiger partial charge >= 0.3 is 0 Å². The number of aryl methyl sites for hydroxylation is 2. The minimum Gasteiger partial charge on any atom is -0.493 e. The fraction of sp³-hybridized carbons (Fsp3) is 0.409. The van der Waals surface area contributed by atoms with Crippen LogP contribution < -0.4 is 14.2 Å². The smallest absolute Gasteiger partial charge is 0.255 e. The first kappa shape index (κ1) is 20.8. The third-order valence-electron chi connectivity index (χ3n) is 5.07. The molecule has 6 heteroatoms. The van der Waals surface area contributed by atoms with E-state index in [2.05, 4.69) is 54.6 Å². The summed E-state index contributed by atoms with van der Waals surface area (Å²) in [7, 11) is 3.17. The van der Waals surface area contributed by atoms with E-state index in [1.165, 1.54) is 5.56 Å². The zero-order valence-corrected chi connectivity index (χ0v) is 18.9. The van der Waals surface area contributed by atoms with E-state index in [0.717, 1.165) is 27.7 Å². The summed E-state index contributed by atoms with van der Waals surface area (Å²) < 4.78 is 17.7. The van der Waals surface area contributed by atoms with Crippen molar-refractivity contribution in [1.82, 2.24) is 4.90 Å². The largest absolute Gasteiger partial charge is 0.493 e. The third kappa shape index (κ3) is 4.54. The molecule has 5 nitrogen and oxygen atoms in total. The van der Waals surface area contributed by atoms with Crippen molar-refractivity contribution in [2.75, 3.05) is 27.3 Å². The lowest BCUT2D eigenvalue weighted by Crippen LogP contribution is -2.42. The fourth-order valence-corrected chi connectivity index (χ4v) is 4.05. The third-order valence-corrected chi connectivity index (χ3v) is 5.96. The SMILES string of the molecule is COc1cc(I)c(C(=O)N2CCC(Oc3cc(C)ccc3C)CC2)cc1OC. The Morgan fingerprint density at radius 3 is 2.29 bits per heavy atom. The summed E-state index contributed by atoms with van der Waals surface area (Å²) >= 11 is 2.17. The number of hydrogen-bond donors (Lipinski definition) is 0. The highest BCUT2D eigenvalue weighted by Crippen LogP contribution is 2.32. The van der Waals surface area contributed by atoms with Crippen LogP contribution in [0.5, 0.6) is 17.2 Å². The molecule has 0 radical (unpaired) electrons. The van der Waals surface area contributed by atoms with E-state index in [9.17, 15) is 4.79 Å². The first-order chi connectivity index (χ1) is 13.4. The lowest BCUT2D eigenvalue weighted by atomic mass is 10.1. The number of carbonyl (C=O) groups is 1. The lowest BCUT2D eigenvalue weighted by molar-refractivity contribution is 0.0593. The van der Waals surface area contributed by atoms with Crippen LogP contribution >= 0.6 is 22.6 Å². The predicted molar refractivity (Wildman–Crippen MR) is 118 cm³/mol. The lowest BCUT2D eigenvalue weighted by Gasteiger charge is -2.33. The van der Waals surface area contributed by atoms with Crippen LogP contribution in [0.15, 0.2) is 30.3 Å². The summed E-state index contributed by atoms with van der Waals surface area (Å²) in [5.41, 5.74) is 2.98. The second-order valence-corrected chi connectivity index (χ2v) is 8.23. The van der Waals surface area contributed by atoms with E-state index in [1.54, 1.807) is 20.3 Å². The summed E-state index contributed by atoms with van der Waals surface area (Å²) in [5.74, 6) is 2.17. The van der Waals surface area contributed by atoms with Crippen LogP contribution in [-0.2, 0) is 0 Å². The van der Waals surface area contributed by atoms with Crippen molar-refractivity contribution in [3.63, 3.8) is 0 Å². The van der Waals surface area contributed by atoms with Crippen molar-refractivity contribution in [3.8, 4) is 17.2 Å². The summed E-state index contributed by atoms with van der Waals surface area (Å²) in [6.45, 7) is 5.49. The van der Waals surface area contributed by atoms with E-state index >= 15 is 0 Å². The van der Waals surface area contributed by atoms with Gasteiger partial charge in [-0.2, -0.15) is 0 Å². The molecule has 2 aromatic rings. The number of nitrogens with zero attached hydrogens (tertiary/aromatic N) is 1. The first-order valence-electron chi connectivity index (χ1n) is 9.37. The van der Waals surface area contributed by atoms with E-state index in [0.29, 0.717) is 30.2 Å². The molecule has 2 aromatic carbocycles. The average Bonchev–Trinajstić information content (AvgIpc) is 2.70. The Labute approximate surface area is 180 Å². The molecule has 1 heterocycles. The van der Waals surface area contributed by atoms with Crippen LogP contribution in [0, 0.1) is 17.4 Å². The summed E-state index contributed by atoms with van der Waals surface area (Å²) in [4.78, 5) is 14.9. The molecular formula is C22H26INO4. The molecule has 28 heavy (non-hydrogen) atoms. The van der Waals surface area contributed by atoms with Crippen LogP contribution in [0.4, 0.5) is 0 Å². The maximum absolute atomic E-state index is 13.0. The van der Waals surface area contributed by atoms with Gasteiger partial charge in [0.2, 0.25) is 0 Å². The topological polar surface area (TPSA) is 48.0 Å². The molecule has 150 valence electrons. The summed E-state index contributed by atoms with van der Waals surface area (Å²) in [6.07, 6.45) is 1.78. The Morgan fingerprint density at radius 1 is 1.00 bits per heavy atom. The van der Waals surface area contributed by atoms with E-state index in [-0.39, 0.29) is 12.0 Å². The second kappa shape index (κ2) is 9.03. The van der Waals surface area contributed by atoms with Crippen molar-refractivity contribution < 1.29 is 19.0 Å². The van der Waals surface area contributed by atoms with Gasteiger partial charge in [0, 0.05) is 29.5 Å². The van der Waals surface area contributed by atoms with Crippen molar-refractivity contribution in [2.24, 2.45) is 0 Å². The molecule has 3 rings (SSSR count). The van der Waals surface area contributed by atoms with Crippen LogP contribution in [-0.4, -0.2) is 44.2 Å². The number of piperidine rings is 1. The minimum absolute atomic E-state index is 0.0236. The molecular weight excluding hydrogens is 469 g/mol. The Balaban J connectivity index is 1.66. The predicted octanol–water partition coefficient (Wildman–Crippen LogP) is 4.61. The minimum atomic E-state index is 0.0236. The molecule has 0 N–H and O–H groups in total. The van der Waals surface area contributed by atoms with Gasteiger partial charge in [-0.3, -0.25) is 4.79 Å². The van der Waals surface area contributed by atoms with Gasteiger partial charge in [-0.1, -0.05) is 12.1 Å². The number of methoxy groups -OCH3 is 2. The van der Waals surface area contributed by atoms with Crippen molar-refractivity contribution in [1.29, 1.82) is 0 Å². The van der Waals surface area contributed by atoms with Gasteiger partial charge in [-0.15, -0.1) is 0 Å². The van der Waals surface area contributed by atoms with Crippen LogP contribution in [0.2, 0.25) is 0 Å². The summed E-state index contributed by atoms with van der Waals surface area (Å²) in [5, 5.41) is 0. The number of carbonyl (C=O) groups excluding carboxylic acids is 1. The maximum atomic E-state index is 13.0. The van der Waals surface area contributed by atoms with E-state index in [4.69, 9.17) is 14.2 Å². The van der Waals surface area contributed by atoms with E-state index < -0.39 is 0 Å². The highest BCUT2D eigenvalue weighted by atomic mass is 127. The zero-order chi connectivity index (χ0) is 20.3. The number of benzene rings is 2. The van der Waals surface area contributed by atoms with Crippen molar-refractivity contribution >= 4 is 28.5 Å². The number of ether oxygens (including phenoxy) is 3. The molecule has 0 atom stereocenters. The normalized spacial score (nSPS) is 14.7. The molecule has 0 bridgehead atoms. The standard InChI is InChI=1S/C22H26INO4/c1-14-5-6-15(2)19(11-14)28-16-7-9-24(10-8-16)22(25)17-12-20(26-3)21(27-4)13-18(17)23/h5-6,11-13,16H,7-10H2,1-4H3. The fourth-order valence-electron chi connectivity index (χ4n) is 3.38. The Kier molecular flexibility index (Phi) is 6.69. The second-order valence-electron chi connectivity index (χ2n) is 7.07. The molecule has 0 aromatic heterocycles. The Morgan fingerprint density at radius 2 is 1.64 bits per heavy atom. The number of amides is 1. The number of likely N-dealkylation sites (tertiary alicyclic amines) is 1. The van der Waals surface area contributed by atoms with Gasteiger partial charge < -0.3 is 19.1 Å². The van der Waals surface area contributed by atoms with E-state index in [1.807, 2.05) is 11.0 Å². The van der Waals surface area contributed by atoms with Crippen molar-refractivity contribution in [2.45, 2.75) is 32.8 Å². The molecule has 1 amide bonds. The van der Waals surface area contributed by atoms with Crippen LogP contribution in [0.25, 0.3) is 0 Å². The average molecular weight is 495 g/mol. The highest BCUT2D eigenvalue weighted by molar-refractivity contribution is 14.1. The number of rotatable bonds is 5. The van der Waals surface area contributed by atoms with Crippen LogP contribution in [0.3, 0.4) is 0 Å². The van der Waals surface area contributed by atoms with Gasteiger partial charge in [0.05, 0.1) is 19.8 Å². The molecule has 0 unspecified atom stereocenters. The number of halogens is 1. The molecule has 1 saturated heterocycles. The first-order valence-corrected chi connectivity index (χ1v) is 10.5. The Bertz CT molecular complexity index is 860. The molecule has 0 saturated carbocycles. The van der Waals surface area contributed by atoms with Gasteiger partial charge in [0.15, 0.2) is 11.5 Å². The monoisotopic (exact) mass is 495 g/mol. The number of hydrogen-bond acceptors (Lipinski definition) is 4. The molecule has 1 aliphatic heterocycles. The Hall–Kier alpha value is -1.96. The maximum Gasteiger partial charge on any atom is 0.255 e. The molecule has 0 spiro atoms. The van der Waals surface area contributed by atoms with Gasteiger partial charge in [-0.25, -0.2) is 0 Å². The zero-order valence-electron chi connectivity index (χ0n) is 16.8. The van der Waals surface area contributed by atoms with Crippen LogP contribution in [0.1, 0.15) is 34.3 Å².